The number of aromatic nitrogens is 2. The molecule has 29 heavy (non-hydrogen) atoms. The second kappa shape index (κ2) is 9.09. The molecule has 0 unspecified atom stereocenters. The number of carbonyl (C=O) groups excluding carboxylic acids is 2. The van der Waals surface area contributed by atoms with Gasteiger partial charge in [0.25, 0.3) is 11.8 Å². The topological polar surface area (TPSA) is 94.4 Å². The van der Waals surface area contributed by atoms with Crippen molar-refractivity contribution in [1.29, 1.82) is 0 Å². The van der Waals surface area contributed by atoms with E-state index in [1.807, 2.05) is 50.2 Å². The monoisotopic (exact) mass is 396 g/mol. The normalized spacial score (nSPS) is 10.7. The SMILES string of the molecule is CCc1ccccc1OCC(=O)NNC(=O)Cn1c(=O)n(CC)c2ccccc21. The Morgan fingerprint density at radius 3 is 2.21 bits per heavy atom. The maximum absolute atomic E-state index is 12.6. The van der Waals surface area contributed by atoms with Crippen LogP contribution >= 0.6 is 0 Å². The summed E-state index contributed by atoms with van der Waals surface area (Å²) in [6.07, 6.45) is 0.786. The largest absolute Gasteiger partial charge is 0.483 e. The lowest BCUT2D eigenvalue weighted by atomic mass is 10.1. The van der Waals surface area contributed by atoms with Gasteiger partial charge in [0.2, 0.25) is 0 Å². The van der Waals surface area contributed by atoms with Crippen LogP contribution in [0.5, 0.6) is 5.75 Å². The van der Waals surface area contributed by atoms with Crippen molar-refractivity contribution >= 4 is 22.8 Å². The van der Waals surface area contributed by atoms with Crippen molar-refractivity contribution in [2.45, 2.75) is 33.4 Å². The molecular weight excluding hydrogens is 372 g/mol. The summed E-state index contributed by atoms with van der Waals surface area (Å²) in [5, 5.41) is 0. The molecule has 0 aliphatic heterocycles. The van der Waals surface area contributed by atoms with E-state index < -0.39 is 11.8 Å². The van der Waals surface area contributed by atoms with Crippen LogP contribution in [0.25, 0.3) is 11.0 Å². The summed E-state index contributed by atoms with van der Waals surface area (Å²) in [5.74, 6) is -0.364. The van der Waals surface area contributed by atoms with E-state index in [2.05, 4.69) is 10.9 Å². The van der Waals surface area contributed by atoms with E-state index in [0.717, 1.165) is 17.5 Å². The van der Waals surface area contributed by atoms with Crippen LogP contribution < -0.4 is 21.3 Å². The molecule has 0 saturated carbocycles. The van der Waals surface area contributed by atoms with Crippen LogP contribution in [0.2, 0.25) is 0 Å². The molecule has 2 aromatic carbocycles. The molecule has 3 rings (SSSR count). The first-order valence-electron chi connectivity index (χ1n) is 9.51. The number of ether oxygens (including phenoxy) is 1. The zero-order chi connectivity index (χ0) is 20.8. The van der Waals surface area contributed by atoms with Gasteiger partial charge in [0.05, 0.1) is 11.0 Å². The fourth-order valence-corrected chi connectivity index (χ4v) is 3.17. The number of aryl methyl sites for hydroxylation is 2. The van der Waals surface area contributed by atoms with Crippen LogP contribution in [-0.4, -0.2) is 27.6 Å². The number of hydrogen-bond donors (Lipinski definition) is 2. The van der Waals surface area contributed by atoms with Gasteiger partial charge in [-0.05, 0) is 37.1 Å². The van der Waals surface area contributed by atoms with E-state index in [1.165, 1.54) is 4.57 Å². The van der Waals surface area contributed by atoms with Crippen LogP contribution in [0.1, 0.15) is 19.4 Å². The van der Waals surface area contributed by atoms with E-state index in [1.54, 1.807) is 16.7 Å². The van der Waals surface area contributed by atoms with E-state index in [0.29, 0.717) is 17.8 Å². The molecule has 3 aromatic rings. The van der Waals surface area contributed by atoms with Gasteiger partial charge in [0.15, 0.2) is 6.61 Å². The molecule has 8 nitrogen and oxygen atoms in total. The predicted octanol–water partition coefficient (Wildman–Crippen LogP) is 1.61. The van der Waals surface area contributed by atoms with Crippen molar-refractivity contribution < 1.29 is 14.3 Å². The van der Waals surface area contributed by atoms with Crippen molar-refractivity contribution in [3.63, 3.8) is 0 Å². The fraction of sp³-hybridized carbons (Fsp3) is 0.286. The number of carbonyl (C=O) groups is 2. The van der Waals surface area contributed by atoms with Crippen LogP contribution in [-0.2, 0) is 29.1 Å². The predicted molar refractivity (Wildman–Crippen MR) is 109 cm³/mol. The number of nitrogens with one attached hydrogen (secondary N) is 2. The zero-order valence-corrected chi connectivity index (χ0v) is 16.5. The summed E-state index contributed by atoms with van der Waals surface area (Å²) in [6, 6.07) is 14.7. The Labute approximate surface area is 168 Å². The van der Waals surface area contributed by atoms with Crippen LogP contribution in [0, 0.1) is 0 Å². The first-order valence-corrected chi connectivity index (χ1v) is 9.51. The van der Waals surface area contributed by atoms with Gasteiger partial charge in [0.1, 0.15) is 12.3 Å². The summed E-state index contributed by atoms with van der Waals surface area (Å²) in [4.78, 5) is 36.8. The molecule has 1 aromatic heterocycles. The first kappa shape index (κ1) is 20.2. The van der Waals surface area contributed by atoms with Crippen molar-refractivity contribution in [2.24, 2.45) is 0 Å². The smallest absolute Gasteiger partial charge is 0.329 e. The Morgan fingerprint density at radius 1 is 0.897 bits per heavy atom. The molecule has 152 valence electrons. The number of para-hydroxylation sites is 3. The maximum Gasteiger partial charge on any atom is 0.329 e. The average molecular weight is 396 g/mol. The number of fused-ring (bicyclic) bond motifs is 1. The van der Waals surface area contributed by atoms with Crippen LogP contribution in [0.3, 0.4) is 0 Å². The number of benzene rings is 2. The first-order chi connectivity index (χ1) is 14.0. The number of hydrazine groups is 1. The Hall–Kier alpha value is -3.55. The average Bonchev–Trinajstić information content (AvgIpc) is 3.01. The molecule has 0 aliphatic carbocycles. The highest BCUT2D eigenvalue weighted by atomic mass is 16.5. The summed E-state index contributed by atoms with van der Waals surface area (Å²) in [6.45, 7) is 3.94. The summed E-state index contributed by atoms with van der Waals surface area (Å²) in [5.41, 5.74) is 6.80. The molecule has 0 aliphatic rings. The highest BCUT2D eigenvalue weighted by Gasteiger charge is 2.15. The maximum atomic E-state index is 12.6. The van der Waals surface area contributed by atoms with Gasteiger partial charge in [-0.2, -0.15) is 0 Å². The quantitative estimate of drug-likeness (QED) is 0.594. The summed E-state index contributed by atoms with van der Waals surface area (Å²) >= 11 is 0. The molecule has 0 bridgehead atoms. The third-order valence-corrected chi connectivity index (χ3v) is 4.60. The van der Waals surface area contributed by atoms with Gasteiger partial charge < -0.3 is 4.74 Å². The van der Waals surface area contributed by atoms with E-state index in [4.69, 9.17) is 4.74 Å². The molecule has 0 fully saturated rings. The molecule has 8 heteroatoms. The third kappa shape index (κ3) is 4.48. The van der Waals surface area contributed by atoms with Gasteiger partial charge in [0, 0.05) is 6.54 Å². The number of hydrogen-bond acceptors (Lipinski definition) is 4. The Morgan fingerprint density at radius 2 is 1.52 bits per heavy atom. The summed E-state index contributed by atoms with van der Waals surface area (Å²) < 4.78 is 8.49. The minimum Gasteiger partial charge on any atom is -0.483 e. The third-order valence-electron chi connectivity index (χ3n) is 4.60. The molecule has 2 amide bonds. The second-order valence-electron chi connectivity index (χ2n) is 6.45. The molecule has 2 N–H and O–H groups in total. The van der Waals surface area contributed by atoms with Gasteiger partial charge in [-0.25, -0.2) is 4.79 Å². The molecule has 0 atom stereocenters. The van der Waals surface area contributed by atoms with Crippen LogP contribution in [0.15, 0.2) is 53.3 Å². The van der Waals surface area contributed by atoms with Gasteiger partial charge in [-0.15, -0.1) is 0 Å². The van der Waals surface area contributed by atoms with Crippen molar-refractivity contribution in [3.05, 3.63) is 64.6 Å². The molecule has 1 heterocycles. The molecule has 0 radical (unpaired) electrons. The Balaban J connectivity index is 1.58. The number of imidazole rings is 1. The second-order valence-corrected chi connectivity index (χ2v) is 6.45. The Kier molecular flexibility index (Phi) is 6.33. The summed E-state index contributed by atoms with van der Waals surface area (Å²) in [7, 11) is 0. The fourth-order valence-electron chi connectivity index (χ4n) is 3.17. The van der Waals surface area contributed by atoms with Gasteiger partial charge >= 0.3 is 5.69 Å². The molecule has 0 spiro atoms. The number of amides is 2. The lowest BCUT2D eigenvalue weighted by Gasteiger charge is -2.11. The molecule has 0 saturated heterocycles. The number of rotatable bonds is 7. The minimum atomic E-state index is -0.506. The van der Waals surface area contributed by atoms with Crippen molar-refractivity contribution in [1.82, 2.24) is 20.0 Å². The van der Waals surface area contributed by atoms with E-state index in [9.17, 15) is 14.4 Å². The standard InChI is InChI=1S/C21H24N4O4/c1-3-15-9-5-8-12-18(15)29-14-20(27)23-22-19(26)13-25-17-11-7-6-10-16(17)24(4-2)21(25)28/h5-12H,3-4,13-14H2,1-2H3,(H,22,26)(H,23,27). The molecular formula is C21H24N4O4. The lowest BCUT2D eigenvalue weighted by Crippen LogP contribution is -2.46. The van der Waals surface area contributed by atoms with Crippen LogP contribution in [0.4, 0.5) is 0 Å². The van der Waals surface area contributed by atoms with Crippen molar-refractivity contribution in [2.75, 3.05) is 6.61 Å². The number of nitrogens with zero attached hydrogens (tertiary/aromatic N) is 2. The lowest BCUT2D eigenvalue weighted by molar-refractivity contribution is -0.130. The zero-order valence-electron chi connectivity index (χ0n) is 16.5. The minimum absolute atomic E-state index is 0.202. The van der Waals surface area contributed by atoms with E-state index >= 15 is 0 Å². The van der Waals surface area contributed by atoms with Crippen molar-refractivity contribution in [3.8, 4) is 5.75 Å². The van der Waals surface area contributed by atoms with E-state index in [-0.39, 0.29) is 18.8 Å². The Bertz CT molecular complexity index is 1080. The highest BCUT2D eigenvalue weighted by molar-refractivity contribution is 5.84. The van der Waals surface area contributed by atoms with Gasteiger partial charge in [-0.1, -0.05) is 37.3 Å². The van der Waals surface area contributed by atoms with Gasteiger partial charge in [-0.3, -0.25) is 29.6 Å². The highest BCUT2D eigenvalue weighted by Crippen LogP contribution is 2.18.